The quantitative estimate of drug-likeness (QED) is 0.768. The zero-order valence-electron chi connectivity index (χ0n) is 13.3. The molecule has 0 radical (unpaired) electrons. The molecule has 0 bridgehead atoms. The predicted molar refractivity (Wildman–Crippen MR) is 85.6 cm³/mol. The van der Waals surface area contributed by atoms with Crippen molar-refractivity contribution in [2.24, 2.45) is 5.41 Å². The van der Waals surface area contributed by atoms with E-state index in [1.54, 1.807) is 6.92 Å². The zero-order valence-corrected chi connectivity index (χ0v) is 13.3. The number of Topliss-reactive ketones (excluding diaryl/α,β-unsaturated/α-hetero) is 1. The first kappa shape index (κ1) is 15.6. The highest BCUT2D eigenvalue weighted by atomic mass is 16.1. The van der Waals surface area contributed by atoms with E-state index in [1.165, 1.54) is 11.3 Å². The minimum absolute atomic E-state index is 0.130. The normalized spacial score (nSPS) is 14.5. The molecule has 1 aromatic rings. The third-order valence-electron chi connectivity index (χ3n) is 4.23. The van der Waals surface area contributed by atoms with Crippen LogP contribution in [0.3, 0.4) is 0 Å². The van der Waals surface area contributed by atoms with Crippen molar-refractivity contribution in [1.29, 1.82) is 5.26 Å². The molecule has 0 spiro atoms. The molecule has 2 rings (SSSR count). The summed E-state index contributed by atoms with van der Waals surface area (Å²) in [5, 5.41) is 9.08. The van der Waals surface area contributed by atoms with Crippen LogP contribution in [0, 0.1) is 16.7 Å². The highest BCUT2D eigenvalue weighted by molar-refractivity contribution is 5.94. The number of nitrogens with zero attached hydrogens (tertiary/aromatic N) is 2. The molecular formula is C18H24N2O. The van der Waals surface area contributed by atoms with Gasteiger partial charge in [-0.3, -0.25) is 4.79 Å². The second kappa shape index (κ2) is 6.30. The Morgan fingerprint density at radius 1 is 1.43 bits per heavy atom. The van der Waals surface area contributed by atoms with Gasteiger partial charge in [0, 0.05) is 24.3 Å². The van der Waals surface area contributed by atoms with E-state index in [1.807, 2.05) is 26.0 Å². The number of benzene rings is 1. The van der Waals surface area contributed by atoms with Crippen molar-refractivity contribution in [2.45, 2.75) is 46.5 Å². The lowest BCUT2D eigenvalue weighted by Gasteiger charge is -2.32. The van der Waals surface area contributed by atoms with Crippen LogP contribution >= 0.6 is 0 Å². The van der Waals surface area contributed by atoms with E-state index in [4.69, 9.17) is 5.26 Å². The molecule has 1 heterocycles. The maximum Gasteiger partial charge on any atom is 0.159 e. The lowest BCUT2D eigenvalue weighted by atomic mass is 9.89. The Morgan fingerprint density at radius 2 is 2.19 bits per heavy atom. The van der Waals surface area contributed by atoms with Gasteiger partial charge in [-0.05, 0) is 70.2 Å². The molecule has 0 atom stereocenters. The lowest BCUT2D eigenvalue weighted by molar-refractivity contribution is 0.101. The van der Waals surface area contributed by atoms with E-state index < -0.39 is 0 Å². The third-order valence-corrected chi connectivity index (χ3v) is 4.23. The zero-order chi connectivity index (χ0) is 15.5. The first-order chi connectivity index (χ1) is 9.93. The number of rotatable bonds is 5. The molecule has 0 amide bonds. The molecule has 0 saturated carbocycles. The molecule has 3 heteroatoms. The fourth-order valence-corrected chi connectivity index (χ4v) is 2.89. The van der Waals surface area contributed by atoms with Gasteiger partial charge in [-0.1, -0.05) is 0 Å². The minimum atomic E-state index is -0.239. The molecule has 21 heavy (non-hydrogen) atoms. The number of carbonyl (C=O) groups is 1. The number of carbonyl (C=O) groups excluding carboxylic acids is 1. The molecule has 0 aromatic heterocycles. The van der Waals surface area contributed by atoms with Crippen LogP contribution in [0.5, 0.6) is 0 Å². The standard InChI is InChI=1S/C18H24N2O/c1-14(21)15-7-8-17-16(12-15)6-4-10-20(17)11-5-9-18(2,3)13-19/h7-8,12H,4-6,9-11H2,1-3H3. The van der Waals surface area contributed by atoms with Crippen LogP contribution in [0.25, 0.3) is 0 Å². The van der Waals surface area contributed by atoms with Gasteiger partial charge in [-0.2, -0.15) is 5.26 Å². The molecule has 1 aliphatic rings. The van der Waals surface area contributed by atoms with Crippen molar-refractivity contribution >= 4 is 11.5 Å². The number of fused-ring (bicyclic) bond motifs is 1. The smallest absolute Gasteiger partial charge is 0.159 e. The number of aryl methyl sites for hydroxylation is 1. The van der Waals surface area contributed by atoms with Gasteiger partial charge in [0.25, 0.3) is 0 Å². The van der Waals surface area contributed by atoms with Gasteiger partial charge >= 0.3 is 0 Å². The summed E-state index contributed by atoms with van der Waals surface area (Å²) >= 11 is 0. The van der Waals surface area contributed by atoms with Crippen molar-refractivity contribution < 1.29 is 4.79 Å². The Kier molecular flexibility index (Phi) is 4.67. The summed E-state index contributed by atoms with van der Waals surface area (Å²) in [5.41, 5.74) is 3.12. The fourth-order valence-electron chi connectivity index (χ4n) is 2.89. The van der Waals surface area contributed by atoms with Gasteiger partial charge in [-0.15, -0.1) is 0 Å². The van der Waals surface area contributed by atoms with E-state index in [-0.39, 0.29) is 11.2 Å². The number of ketones is 1. The maximum atomic E-state index is 11.5. The first-order valence-electron chi connectivity index (χ1n) is 7.73. The summed E-state index contributed by atoms with van der Waals surface area (Å²) in [5.74, 6) is 0.130. The number of hydrogen-bond donors (Lipinski definition) is 0. The van der Waals surface area contributed by atoms with Gasteiger partial charge in [0.15, 0.2) is 5.78 Å². The van der Waals surface area contributed by atoms with Crippen molar-refractivity contribution in [3.8, 4) is 6.07 Å². The van der Waals surface area contributed by atoms with E-state index in [9.17, 15) is 4.79 Å². The molecule has 0 fully saturated rings. The van der Waals surface area contributed by atoms with Gasteiger partial charge in [-0.25, -0.2) is 0 Å². The van der Waals surface area contributed by atoms with Crippen molar-refractivity contribution in [1.82, 2.24) is 0 Å². The van der Waals surface area contributed by atoms with Crippen molar-refractivity contribution in [3.05, 3.63) is 29.3 Å². The average molecular weight is 284 g/mol. The Balaban J connectivity index is 2.05. The molecule has 3 nitrogen and oxygen atoms in total. The summed E-state index contributed by atoms with van der Waals surface area (Å²) < 4.78 is 0. The Morgan fingerprint density at radius 3 is 2.86 bits per heavy atom. The molecule has 112 valence electrons. The van der Waals surface area contributed by atoms with Crippen LogP contribution < -0.4 is 4.90 Å². The second-order valence-corrected chi connectivity index (χ2v) is 6.59. The summed E-state index contributed by atoms with van der Waals surface area (Å²) in [6, 6.07) is 8.42. The Hall–Kier alpha value is -1.82. The molecule has 1 aromatic carbocycles. The van der Waals surface area contributed by atoms with Gasteiger partial charge < -0.3 is 4.90 Å². The third kappa shape index (κ3) is 3.85. The second-order valence-electron chi connectivity index (χ2n) is 6.59. The summed E-state index contributed by atoms with van der Waals surface area (Å²) in [6.45, 7) is 7.66. The summed E-state index contributed by atoms with van der Waals surface area (Å²) in [4.78, 5) is 13.9. The van der Waals surface area contributed by atoms with Gasteiger partial charge in [0.05, 0.1) is 11.5 Å². The largest absolute Gasteiger partial charge is 0.371 e. The van der Waals surface area contributed by atoms with Crippen LogP contribution in [-0.4, -0.2) is 18.9 Å². The Labute approximate surface area is 127 Å². The van der Waals surface area contributed by atoms with Crippen LogP contribution in [0.4, 0.5) is 5.69 Å². The SMILES string of the molecule is CC(=O)c1ccc2c(c1)CCCN2CCCC(C)(C)C#N. The van der Waals surface area contributed by atoms with Crippen LogP contribution in [0.15, 0.2) is 18.2 Å². The molecular weight excluding hydrogens is 260 g/mol. The highest BCUT2D eigenvalue weighted by Gasteiger charge is 2.20. The van der Waals surface area contributed by atoms with Crippen LogP contribution in [-0.2, 0) is 6.42 Å². The van der Waals surface area contributed by atoms with Crippen molar-refractivity contribution in [3.63, 3.8) is 0 Å². The molecule has 0 unspecified atom stereocenters. The molecule has 0 N–H and O–H groups in total. The van der Waals surface area contributed by atoms with E-state index in [0.29, 0.717) is 0 Å². The molecule has 0 saturated heterocycles. The monoisotopic (exact) mass is 284 g/mol. The molecule has 1 aliphatic heterocycles. The van der Waals surface area contributed by atoms with Gasteiger partial charge in [0.1, 0.15) is 0 Å². The predicted octanol–water partition coefficient (Wildman–Crippen LogP) is 3.97. The number of anilines is 1. The topological polar surface area (TPSA) is 44.1 Å². The number of hydrogen-bond acceptors (Lipinski definition) is 3. The minimum Gasteiger partial charge on any atom is -0.371 e. The van der Waals surface area contributed by atoms with E-state index >= 15 is 0 Å². The fraction of sp³-hybridized carbons (Fsp3) is 0.556. The van der Waals surface area contributed by atoms with E-state index in [2.05, 4.69) is 17.0 Å². The Bertz CT molecular complexity index is 569. The first-order valence-corrected chi connectivity index (χ1v) is 7.73. The van der Waals surface area contributed by atoms with E-state index in [0.717, 1.165) is 44.3 Å². The van der Waals surface area contributed by atoms with Gasteiger partial charge in [0.2, 0.25) is 0 Å². The summed E-state index contributed by atoms with van der Waals surface area (Å²) in [6.07, 6.45) is 4.13. The number of nitriles is 1. The van der Waals surface area contributed by atoms with Crippen LogP contribution in [0.2, 0.25) is 0 Å². The average Bonchev–Trinajstić information content (AvgIpc) is 2.46. The maximum absolute atomic E-state index is 11.5. The van der Waals surface area contributed by atoms with Crippen LogP contribution in [0.1, 0.15) is 56.0 Å². The van der Waals surface area contributed by atoms with Crippen molar-refractivity contribution in [2.75, 3.05) is 18.0 Å². The highest BCUT2D eigenvalue weighted by Crippen LogP contribution is 2.29. The summed E-state index contributed by atoms with van der Waals surface area (Å²) in [7, 11) is 0. The lowest BCUT2D eigenvalue weighted by Crippen LogP contribution is -2.31. The molecule has 0 aliphatic carbocycles.